The van der Waals surface area contributed by atoms with Crippen LogP contribution in [0.3, 0.4) is 0 Å². The summed E-state index contributed by atoms with van der Waals surface area (Å²) in [5.41, 5.74) is -0.476. The summed E-state index contributed by atoms with van der Waals surface area (Å²) < 4.78 is 0. The number of rotatable bonds is 3. The normalized spacial score (nSPS) is 10.1. The zero-order valence-corrected chi connectivity index (χ0v) is 9.44. The minimum Gasteiger partial charge on any atom is -0.507 e. The van der Waals surface area contributed by atoms with Gasteiger partial charge in [-0.1, -0.05) is 6.07 Å². The lowest BCUT2D eigenvalue weighted by Crippen LogP contribution is -1.95. The summed E-state index contributed by atoms with van der Waals surface area (Å²) in [5.74, 6) is -0.181. The lowest BCUT2D eigenvalue weighted by atomic mass is 10.0. The second-order valence-electron chi connectivity index (χ2n) is 3.66. The topological polar surface area (TPSA) is 107 Å². The van der Waals surface area contributed by atoms with Crippen LogP contribution in [0.5, 0.6) is 5.75 Å². The van der Waals surface area contributed by atoms with E-state index >= 15 is 0 Å². The van der Waals surface area contributed by atoms with Crippen molar-refractivity contribution in [3.63, 3.8) is 0 Å². The molecule has 0 aliphatic rings. The Bertz CT molecular complexity index is 669. The number of phenolic OH excluding ortho intramolecular Hbond substituents is 1. The maximum absolute atomic E-state index is 11.0. The molecule has 95 valence electrons. The number of aromatic hydroxyl groups is 1. The molecule has 1 radical (unpaired) electrons. The van der Waals surface area contributed by atoms with Gasteiger partial charge in [-0.05, 0) is 24.3 Å². The van der Waals surface area contributed by atoms with Gasteiger partial charge in [-0.2, -0.15) is 0 Å². The van der Waals surface area contributed by atoms with Crippen molar-refractivity contribution in [2.45, 2.75) is 0 Å². The number of hydrogen-bond donors (Lipinski definition) is 1. The largest absolute Gasteiger partial charge is 0.507 e. The molecule has 0 fully saturated rings. The van der Waals surface area contributed by atoms with Gasteiger partial charge in [-0.3, -0.25) is 20.2 Å². The Morgan fingerprint density at radius 3 is 2.37 bits per heavy atom. The Morgan fingerprint density at radius 1 is 1.05 bits per heavy atom. The van der Waals surface area contributed by atoms with Crippen molar-refractivity contribution < 1.29 is 15.0 Å². The van der Waals surface area contributed by atoms with E-state index < -0.39 is 15.5 Å². The van der Waals surface area contributed by atoms with Crippen LogP contribution < -0.4 is 0 Å². The summed E-state index contributed by atoms with van der Waals surface area (Å²) in [5, 5.41) is 31.3. The molecule has 0 unspecified atom stereocenters. The quantitative estimate of drug-likeness (QED) is 0.673. The van der Waals surface area contributed by atoms with Gasteiger partial charge in [0.05, 0.1) is 21.5 Å². The highest BCUT2D eigenvalue weighted by atomic mass is 16.6. The highest BCUT2D eigenvalue weighted by molar-refractivity contribution is 5.79. The Morgan fingerprint density at radius 2 is 1.79 bits per heavy atom. The molecule has 0 heterocycles. The summed E-state index contributed by atoms with van der Waals surface area (Å²) in [4.78, 5) is 20.2. The molecule has 0 aromatic heterocycles. The van der Waals surface area contributed by atoms with E-state index in [0.717, 1.165) is 12.1 Å². The smallest absolute Gasteiger partial charge is 0.284 e. The van der Waals surface area contributed by atoms with Crippen LogP contribution in [-0.4, -0.2) is 15.0 Å². The zero-order chi connectivity index (χ0) is 14.0. The zero-order valence-electron chi connectivity index (χ0n) is 9.44. The van der Waals surface area contributed by atoms with E-state index in [2.05, 4.69) is 6.07 Å². The average Bonchev–Trinajstić information content (AvgIpc) is 2.38. The molecule has 0 saturated carbocycles. The third-order valence-corrected chi connectivity index (χ3v) is 2.52. The molecule has 0 aliphatic carbocycles. The fourth-order valence-electron chi connectivity index (χ4n) is 1.66. The highest BCUT2D eigenvalue weighted by Crippen LogP contribution is 2.37. The minimum atomic E-state index is -0.724. The third-order valence-electron chi connectivity index (χ3n) is 2.52. The molecule has 1 N–H and O–H groups in total. The summed E-state index contributed by atoms with van der Waals surface area (Å²) in [6, 6.07) is 10.1. The van der Waals surface area contributed by atoms with Crippen molar-refractivity contribution in [3.8, 4) is 16.9 Å². The standard InChI is InChI=1S/C12H7N2O5/c15-12-4-2-1-3-10(12)9-6-5-8(13(16)17)7-11(9)14(18)19/h1,3-7,15H. The SMILES string of the molecule is O=[N+]([O-])c1ccc(-c2cc[c]cc2O)c([N+](=O)[O-])c1. The molecule has 7 nitrogen and oxygen atoms in total. The molecule has 0 amide bonds. The van der Waals surface area contributed by atoms with Crippen LogP contribution in [0.2, 0.25) is 0 Å². The van der Waals surface area contributed by atoms with E-state index in [4.69, 9.17) is 0 Å². The van der Waals surface area contributed by atoms with Gasteiger partial charge >= 0.3 is 0 Å². The van der Waals surface area contributed by atoms with Gasteiger partial charge in [-0.25, -0.2) is 0 Å². The lowest BCUT2D eigenvalue weighted by Gasteiger charge is -2.05. The molecule has 7 heteroatoms. The number of non-ortho nitro benzene ring substituents is 1. The number of nitro benzene ring substituents is 2. The predicted octanol–water partition coefficient (Wildman–Crippen LogP) is 2.68. The molecule has 19 heavy (non-hydrogen) atoms. The van der Waals surface area contributed by atoms with Crippen molar-refractivity contribution >= 4 is 11.4 Å². The van der Waals surface area contributed by atoms with Gasteiger partial charge in [0.2, 0.25) is 0 Å². The van der Waals surface area contributed by atoms with Crippen molar-refractivity contribution in [3.05, 3.63) is 62.7 Å². The fraction of sp³-hybridized carbons (Fsp3) is 0. The summed E-state index contributed by atoms with van der Waals surface area (Å²) in [7, 11) is 0. The summed E-state index contributed by atoms with van der Waals surface area (Å²) in [6.07, 6.45) is 0. The van der Waals surface area contributed by atoms with E-state index in [1.807, 2.05) is 0 Å². The second kappa shape index (κ2) is 4.73. The van der Waals surface area contributed by atoms with Crippen LogP contribution in [0, 0.1) is 26.3 Å². The number of benzene rings is 2. The first-order valence-corrected chi connectivity index (χ1v) is 5.13. The van der Waals surface area contributed by atoms with Gasteiger partial charge in [0.25, 0.3) is 11.4 Å². The third kappa shape index (κ3) is 2.34. The molecule has 0 aliphatic heterocycles. The highest BCUT2D eigenvalue weighted by Gasteiger charge is 2.21. The van der Waals surface area contributed by atoms with Crippen LogP contribution in [0.1, 0.15) is 0 Å². The predicted molar refractivity (Wildman–Crippen MR) is 65.7 cm³/mol. The minimum absolute atomic E-state index is 0.113. The molecular formula is C12H7N2O5. The molecule has 2 aromatic carbocycles. The first kappa shape index (κ1) is 12.5. The van der Waals surface area contributed by atoms with Crippen LogP contribution in [0.4, 0.5) is 11.4 Å². The Hall–Kier alpha value is -2.96. The van der Waals surface area contributed by atoms with E-state index in [9.17, 15) is 25.3 Å². The first-order valence-electron chi connectivity index (χ1n) is 5.13. The van der Waals surface area contributed by atoms with Gasteiger partial charge in [0.1, 0.15) is 5.75 Å². The van der Waals surface area contributed by atoms with Crippen molar-refractivity contribution in [2.75, 3.05) is 0 Å². The Balaban J connectivity index is 2.67. The number of phenols is 1. The Kier molecular flexibility index (Phi) is 3.11. The van der Waals surface area contributed by atoms with E-state index in [1.54, 1.807) is 0 Å². The molecule has 0 saturated heterocycles. The van der Waals surface area contributed by atoms with E-state index in [0.29, 0.717) is 0 Å². The molecule has 0 atom stereocenters. The van der Waals surface area contributed by atoms with Crippen LogP contribution in [0.15, 0.2) is 36.4 Å². The molecule has 2 aromatic rings. The molecule has 0 bridgehead atoms. The lowest BCUT2D eigenvalue weighted by molar-refractivity contribution is -0.393. The van der Waals surface area contributed by atoms with Gasteiger partial charge in [-0.15, -0.1) is 0 Å². The number of hydrogen-bond acceptors (Lipinski definition) is 5. The molecular weight excluding hydrogens is 252 g/mol. The van der Waals surface area contributed by atoms with Crippen LogP contribution in [0.25, 0.3) is 11.1 Å². The van der Waals surface area contributed by atoms with Gasteiger partial charge in [0.15, 0.2) is 0 Å². The summed E-state index contributed by atoms with van der Waals surface area (Å²) >= 11 is 0. The maximum atomic E-state index is 11.0. The summed E-state index contributed by atoms with van der Waals surface area (Å²) in [6.45, 7) is 0. The van der Waals surface area contributed by atoms with Gasteiger partial charge < -0.3 is 5.11 Å². The molecule has 2 rings (SSSR count). The second-order valence-corrected chi connectivity index (χ2v) is 3.66. The van der Waals surface area contributed by atoms with Gasteiger partial charge in [0, 0.05) is 11.6 Å². The van der Waals surface area contributed by atoms with Crippen LogP contribution >= 0.6 is 0 Å². The number of nitro groups is 2. The monoisotopic (exact) mass is 259 g/mol. The maximum Gasteiger partial charge on any atom is 0.284 e. The van der Waals surface area contributed by atoms with Crippen LogP contribution in [-0.2, 0) is 0 Å². The van der Waals surface area contributed by atoms with Crippen molar-refractivity contribution in [2.24, 2.45) is 0 Å². The van der Waals surface area contributed by atoms with E-state index in [-0.39, 0.29) is 22.6 Å². The Labute approximate surface area is 107 Å². The van der Waals surface area contributed by atoms with E-state index in [1.165, 1.54) is 24.3 Å². The first-order chi connectivity index (χ1) is 9.00. The molecule has 0 spiro atoms. The fourth-order valence-corrected chi connectivity index (χ4v) is 1.66. The van der Waals surface area contributed by atoms with Crippen molar-refractivity contribution in [1.29, 1.82) is 0 Å². The number of nitrogens with zero attached hydrogens (tertiary/aromatic N) is 2. The average molecular weight is 259 g/mol. The van der Waals surface area contributed by atoms with Crippen molar-refractivity contribution in [1.82, 2.24) is 0 Å².